The molecule has 0 radical (unpaired) electrons. The van der Waals surface area contributed by atoms with Crippen LogP contribution in [0.2, 0.25) is 0 Å². The van der Waals surface area contributed by atoms with Crippen LogP contribution in [0.1, 0.15) is 15.9 Å². The predicted molar refractivity (Wildman–Crippen MR) is 72.7 cm³/mol. The van der Waals surface area contributed by atoms with Crippen molar-refractivity contribution in [2.24, 2.45) is 0 Å². The number of benzene rings is 1. The molecule has 1 amide bonds. The molecule has 0 aromatic heterocycles. The minimum absolute atomic E-state index is 0.263. The zero-order valence-corrected chi connectivity index (χ0v) is 11.5. The first-order valence-electron chi connectivity index (χ1n) is 6.75. The van der Waals surface area contributed by atoms with Crippen LogP contribution >= 0.6 is 0 Å². The number of hydrogen-bond acceptors (Lipinski definition) is 3. The number of nitrogens with zero attached hydrogens (tertiary/aromatic N) is 1. The van der Waals surface area contributed by atoms with Crippen LogP contribution in [0.3, 0.4) is 0 Å². The molecule has 0 aliphatic carbocycles. The second-order valence-electron chi connectivity index (χ2n) is 4.90. The van der Waals surface area contributed by atoms with E-state index < -0.39 is 23.1 Å². The summed E-state index contributed by atoms with van der Waals surface area (Å²) in [6, 6.07) is 2.44. The summed E-state index contributed by atoms with van der Waals surface area (Å²) in [5, 5.41) is 5.81. The van der Waals surface area contributed by atoms with E-state index in [4.69, 9.17) is 0 Å². The Morgan fingerprint density at radius 1 is 1.35 bits per heavy atom. The number of piperazine rings is 1. The lowest BCUT2D eigenvalue weighted by Gasteiger charge is -2.27. The van der Waals surface area contributed by atoms with E-state index in [9.17, 15) is 13.6 Å². The van der Waals surface area contributed by atoms with Gasteiger partial charge in [-0.2, -0.15) is 0 Å². The summed E-state index contributed by atoms with van der Waals surface area (Å²) in [6.45, 7) is 6.26. The summed E-state index contributed by atoms with van der Waals surface area (Å²) in [4.78, 5) is 14.1. The topological polar surface area (TPSA) is 44.4 Å². The van der Waals surface area contributed by atoms with E-state index >= 15 is 0 Å². The maximum Gasteiger partial charge on any atom is 0.257 e. The van der Waals surface area contributed by atoms with Crippen LogP contribution in [0.15, 0.2) is 12.1 Å². The molecule has 1 heterocycles. The van der Waals surface area contributed by atoms with Crippen molar-refractivity contribution in [3.05, 3.63) is 34.9 Å². The van der Waals surface area contributed by atoms with Gasteiger partial charge in [0.25, 0.3) is 5.91 Å². The molecule has 0 unspecified atom stereocenters. The number of rotatable bonds is 4. The number of aryl methyl sites for hydroxylation is 1. The van der Waals surface area contributed by atoms with Gasteiger partial charge in [-0.05, 0) is 18.6 Å². The van der Waals surface area contributed by atoms with Crippen molar-refractivity contribution in [2.75, 3.05) is 39.3 Å². The van der Waals surface area contributed by atoms with Crippen LogP contribution in [-0.4, -0.2) is 50.1 Å². The van der Waals surface area contributed by atoms with E-state index in [1.807, 2.05) is 0 Å². The summed E-state index contributed by atoms with van der Waals surface area (Å²) >= 11 is 0. The SMILES string of the molecule is Cc1ccc(F)c(C(=O)NCCN2CCNCC2)c1F. The van der Waals surface area contributed by atoms with E-state index in [2.05, 4.69) is 15.5 Å². The van der Waals surface area contributed by atoms with E-state index in [0.29, 0.717) is 13.1 Å². The highest BCUT2D eigenvalue weighted by Crippen LogP contribution is 2.15. The van der Waals surface area contributed by atoms with Crippen molar-refractivity contribution in [1.82, 2.24) is 15.5 Å². The summed E-state index contributed by atoms with van der Waals surface area (Å²) in [5.41, 5.74) is -0.232. The summed E-state index contributed by atoms with van der Waals surface area (Å²) < 4.78 is 27.3. The summed E-state index contributed by atoms with van der Waals surface area (Å²) in [6.07, 6.45) is 0. The van der Waals surface area contributed by atoms with E-state index in [1.165, 1.54) is 13.0 Å². The molecule has 0 atom stereocenters. The van der Waals surface area contributed by atoms with Crippen molar-refractivity contribution in [3.8, 4) is 0 Å². The van der Waals surface area contributed by atoms with Crippen molar-refractivity contribution >= 4 is 5.91 Å². The molecule has 2 rings (SSSR count). The molecular weight excluding hydrogens is 264 g/mol. The van der Waals surface area contributed by atoms with Gasteiger partial charge in [-0.25, -0.2) is 8.78 Å². The quantitative estimate of drug-likeness (QED) is 0.863. The first kappa shape index (κ1) is 14.9. The number of amides is 1. The number of hydrogen-bond donors (Lipinski definition) is 2. The predicted octanol–water partition coefficient (Wildman–Crippen LogP) is 0.908. The molecule has 1 fully saturated rings. The van der Waals surface area contributed by atoms with Gasteiger partial charge in [0.05, 0.1) is 0 Å². The van der Waals surface area contributed by atoms with Crippen LogP contribution in [-0.2, 0) is 0 Å². The minimum Gasteiger partial charge on any atom is -0.351 e. The highest BCUT2D eigenvalue weighted by atomic mass is 19.1. The maximum atomic E-state index is 13.8. The van der Waals surface area contributed by atoms with Crippen LogP contribution in [0.5, 0.6) is 0 Å². The number of halogens is 2. The Balaban J connectivity index is 1.90. The summed E-state index contributed by atoms with van der Waals surface area (Å²) in [5.74, 6) is -2.31. The van der Waals surface area contributed by atoms with Crippen molar-refractivity contribution in [1.29, 1.82) is 0 Å². The second-order valence-corrected chi connectivity index (χ2v) is 4.90. The van der Waals surface area contributed by atoms with Gasteiger partial charge >= 0.3 is 0 Å². The zero-order valence-electron chi connectivity index (χ0n) is 11.5. The van der Waals surface area contributed by atoms with E-state index in [1.54, 1.807) is 0 Å². The molecule has 1 aliphatic heterocycles. The van der Waals surface area contributed by atoms with Crippen molar-refractivity contribution in [2.45, 2.75) is 6.92 Å². The molecule has 2 N–H and O–H groups in total. The third-order valence-electron chi connectivity index (χ3n) is 3.43. The lowest BCUT2D eigenvalue weighted by Crippen LogP contribution is -2.46. The Kier molecular flexibility index (Phi) is 5.03. The Labute approximate surface area is 117 Å². The molecule has 0 saturated carbocycles. The standard InChI is InChI=1S/C14H19F2N3O/c1-10-2-3-11(15)12(13(10)16)14(20)18-6-9-19-7-4-17-5-8-19/h2-3,17H,4-9H2,1H3,(H,18,20). The normalized spacial score (nSPS) is 16.1. The molecule has 0 spiro atoms. The average Bonchev–Trinajstić information content (AvgIpc) is 2.44. The molecule has 20 heavy (non-hydrogen) atoms. The van der Waals surface area contributed by atoms with E-state index in [-0.39, 0.29) is 5.56 Å². The molecule has 1 saturated heterocycles. The number of carbonyl (C=O) groups excluding carboxylic acids is 1. The molecule has 1 aromatic carbocycles. The molecule has 4 nitrogen and oxygen atoms in total. The third-order valence-corrected chi connectivity index (χ3v) is 3.43. The highest BCUT2D eigenvalue weighted by molar-refractivity contribution is 5.94. The van der Waals surface area contributed by atoms with Gasteiger partial charge < -0.3 is 10.6 Å². The highest BCUT2D eigenvalue weighted by Gasteiger charge is 2.19. The Morgan fingerprint density at radius 3 is 2.75 bits per heavy atom. The fourth-order valence-corrected chi connectivity index (χ4v) is 2.22. The Bertz CT molecular complexity index is 488. The number of nitrogens with one attached hydrogen (secondary N) is 2. The van der Waals surface area contributed by atoms with Gasteiger partial charge in [-0.15, -0.1) is 0 Å². The summed E-state index contributed by atoms with van der Waals surface area (Å²) in [7, 11) is 0. The zero-order chi connectivity index (χ0) is 14.5. The van der Waals surface area contributed by atoms with Crippen molar-refractivity contribution < 1.29 is 13.6 Å². The average molecular weight is 283 g/mol. The van der Waals surface area contributed by atoms with Crippen LogP contribution in [0.4, 0.5) is 8.78 Å². The van der Waals surface area contributed by atoms with Crippen molar-refractivity contribution in [3.63, 3.8) is 0 Å². The number of carbonyl (C=O) groups is 1. The third kappa shape index (κ3) is 3.52. The van der Waals surface area contributed by atoms with Gasteiger partial charge in [0, 0.05) is 39.3 Å². The molecule has 1 aliphatic rings. The lowest BCUT2D eigenvalue weighted by atomic mass is 10.1. The van der Waals surface area contributed by atoms with Gasteiger partial charge in [0.15, 0.2) is 0 Å². The van der Waals surface area contributed by atoms with Gasteiger partial charge in [0.1, 0.15) is 17.2 Å². The molecule has 6 heteroatoms. The largest absolute Gasteiger partial charge is 0.351 e. The Morgan fingerprint density at radius 2 is 2.05 bits per heavy atom. The maximum absolute atomic E-state index is 13.8. The Hall–Kier alpha value is -1.53. The molecule has 110 valence electrons. The molecule has 0 bridgehead atoms. The lowest BCUT2D eigenvalue weighted by molar-refractivity contribution is 0.0938. The smallest absolute Gasteiger partial charge is 0.257 e. The second kappa shape index (κ2) is 6.76. The van der Waals surface area contributed by atoms with Gasteiger partial charge in [0.2, 0.25) is 0 Å². The van der Waals surface area contributed by atoms with Crippen LogP contribution in [0.25, 0.3) is 0 Å². The van der Waals surface area contributed by atoms with Crippen LogP contribution < -0.4 is 10.6 Å². The fraction of sp³-hybridized carbons (Fsp3) is 0.500. The monoisotopic (exact) mass is 283 g/mol. The van der Waals surface area contributed by atoms with E-state index in [0.717, 1.165) is 32.2 Å². The minimum atomic E-state index is -0.826. The van der Waals surface area contributed by atoms with Gasteiger partial charge in [-0.1, -0.05) is 6.07 Å². The first-order valence-corrected chi connectivity index (χ1v) is 6.75. The molecular formula is C14H19F2N3O. The van der Waals surface area contributed by atoms with Gasteiger partial charge in [-0.3, -0.25) is 9.69 Å². The van der Waals surface area contributed by atoms with Crippen LogP contribution in [0, 0.1) is 18.6 Å². The molecule has 1 aromatic rings. The first-order chi connectivity index (χ1) is 9.59. The fourth-order valence-electron chi connectivity index (χ4n) is 2.22.